The average molecular weight is 1500 g/mol. The SMILES string of the molecule is CCC1OC(Oc2c3cc4cc2Oc2ccc(cc2Cl)C(C)(O)C(NC(=O)C(CC(C)C)CN(C)C(=O)OC(C)(C)C)C(=O)NC(C)(CC(N)=O)C(=O)NC4C(=O)NC2C(=O)NC4(NC4c4ccc(c(Cl)c4)O3)C(=O)CC(C(=O)NC3CCC3)c3cc(O)cc(O)c3-c3cc2ccc3O)C(O)C(O)C1O. The molecule has 8 amide bonds. The highest BCUT2D eigenvalue weighted by molar-refractivity contribution is 6.32. The number of ether oxygens (including phenoxy) is 5. The second kappa shape index (κ2) is 29.4. The Morgan fingerprint density at radius 2 is 1.41 bits per heavy atom. The summed E-state index contributed by atoms with van der Waals surface area (Å²) in [6.07, 6.45) is -9.10. The van der Waals surface area contributed by atoms with E-state index >= 15 is 24.0 Å². The third-order valence-electron chi connectivity index (χ3n) is 19.6. The van der Waals surface area contributed by atoms with Crippen molar-refractivity contribution in [2.75, 3.05) is 13.6 Å². The summed E-state index contributed by atoms with van der Waals surface area (Å²) in [5, 5.41) is 100. The fraction of sp³-hybridized carbons (Fsp3) is 0.466. The van der Waals surface area contributed by atoms with Crippen molar-refractivity contribution >= 4 is 76.4 Å². The van der Waals surface area contributed by atoms with Crippen LogP contribution in [0, 0.1) is 11.8 Å². The normalized spacial score (nSPS) is 27.7. The number of aliphatic hydroxyl groups is 4. The molecule has 16 N–H and O–H groups in total. The molecule has 8 aliphatic rings. The Bertz CT molecular complexity index is 4340. The van der Waals surface area contributed by atoms with Crippen LogP contribution in [0.1, 0.15) is 152 Å². The molecule has 0 aromatic heterocycles. The highest BCUT2D eigenvalue weighted by Gasteiger charge is 2.62. The minimum atomic E-state index is -2.64. The van der Waals surface area contributed by atoms with E-state index in [1.807, 2.05) is 0 Å². The van der Waals surface area contributed by atoms with E-state index in [0.717, 1.165) is 55.5 Å². The fourth-order valence-electron chi connectivity index (χ4n) is 13.8. The maximum Gasteiger partial charge on any atom is 0.410 e. The maximum absolute atomic E-state index is 16.3. The topological polar surface area (TPSA) is 465 Å². The Morgan fingerprint density at radius 1 is 0.762 bits per heavy atom. The first-order valence-electron chi connectivity index (χ1n) is 34.3. The molecule has 32 heteroatoms. The van der Waals surface area contributed by atoms with Crippen molar-refractivity contribution in [3.63, 3.8) is 0 Å². The molecule has 13 rings (SSSR count). The van der Waals surface area contributed by atoms with Crippen molar-refractivity contribution in [3.05, 3.63) is 117 Å². The lowest BCUT2D eigenvalue weighted by molar-refractivity contribution is -0.272. The summed E-state index contributed by atoms with van der Waals surface area (Å²) < 4.78 is 31.5. The van der Waals surface area contributed by atoms with Gasteiger partial charge in [-0.15, -0.1) is 0 Å². The first kappa shape index (κ1) is 76.6. The minimum absolute atomic E-state index is 0.0636. The number of carbonyl (C=O) groups is 9. The molecule has 5 aromatic rings. The molecule has 1 aliphatic carbocycles. The van der Waals surface area contributed by atoms with Crippen molar-refractivity contribution in [1.82, 2.24) is 42.1 Å². The average Bonchev–Trinajstić information content (AvgIpc) is 1.57. The summed E-state index contributed by atoms with van der Waals surface area (Å²) in [4.78, 5) is 137. The number of phenols is 3. The van der Waals surface area contributed by atoms with E-state index in [1.54, 1.807) is 41.5 Å². The number of ketones is 1. The molecule has 105 heavy (non-hydrogen) atoms. The predicted octanol–water partition coefficient (Wildman–Crippen LogP) is 5.15. The molecular formula is C73H85Cl2N9O21. The second-order valence-corrected chi connectivity index (χ2v) is 30.2. The molecule has 30 nitrogen and oxygen atoms in total. The van der Waals surface area contributed by atoms with Crippen molar-refractivity contribution in [1.29, 1.82) is 0 Å². The Morgan fingerprint density at radius 3 is 2.02 bits per heavy atom. The standard InChI is InChI=1S/C73H85Cl2N9O21/c1-10-46-56(90)57(91)58(92)67(103-46)104-59-49-23-34-24-50(59)102-48-19-16-36(25-43(48)75)72(8,100)61(80-62(93)35(20-31(2)3)30-84(9)69(99)105-70(4,5)6)66(97)82-71(7,29-52(76)89)68(98)79-55(34)64(95)78-54-32-14-17-44(86)41(21-32)53-39(26-38(85)27-45(53)87)40(63(94)77-37-12-11-13-37)28-51(88)73(83-65(54)96)60(81-73)33-15-18-47(101-49)42(74)22-33/h14-19,21-27,31,35,37,40,46,54-58,60-61,67,81,85-87,90-92,100H,10-13,20,28-30H2,1-9H3,(H2,76,89)(H,77,94)(H,78,95)(H,79,98)(H,80,93)(H,82,97)(H,83,96). The number of benzene rings is 5. The largest absolute Gasteiger partial charge is 0.508 e. The summed E-state index contributed by atoms with van der Waals surface area (Å²) in [7, 11) is 1.40. The van der Waals surface area contributed by atoms with Crippen molar-refractivity contribution in [2.45, 2.75) is 190 Å². The van der Waals surface area contributed by atoms with Crippen LogP contribution in [0.25, 0.3) is 11.1 Å². The summed E-state index contributed by atoms with van der Waals surface area (Å²) in [6.45, 7) is 12.1. The zero-order valence-corrected chi connectivity index (χ0v) is 60.3. The molecule has 5 aromatic carbocycles. The van der Waals surface area contributed by atoms with Gasteiger partial charge in [0.25, 0.3) is 0 Å². The van der Waals surface area contributed by atoms with Gasteiger partial charge in [0.15, 0.2) is 22.9 Å². The van der Waals surface area contributed by atoms with E-state index < -0.39 is 195 Å². The number of hydrogen-bond acceptors (Lipinski definition) is 22. The number of primary amides is 1. The van der Waals surface area contributed by atoms with E-state index in [9.17, 15) is 54.9 Å². The van der Waals surface area contributed by atoms with Crippen molar-refractivity contribution in [2.24, 2.45) is 17.6 Å². The van der Waals surface area contributed by atoms with E-state index in [2.05, 4.69) is 37.2 Å². The summed E-state index contributed by atoms with van der Waals surface area (Å²) in [5.41, 5.74) is -3.62. The zero-order valence-electron chi connectivity index (χ0n) is 58.8. The number of phenolic OH excluding ortho intramolecular Hbond substituents is 3. The van der Waals surface area contributed by atoms with E-state index in [0.29, 0.717) is 12.8 Å². The van der Waals surface area contributed by atoms with Crippen LogP contribution < -0.4 is 57.2 Å². The Hall–Kier alpha value is -9.53. The highest BCUT2D eigenvalue weighted by Crippen LogP contribution is 2.52. The van der Waals surface area contributed by atoms with Gasteiger partial charge in [0.05, 0.1) is 40.4 Å². The number of nitrogens with one attached hydrogen (secondary N) is 7. The third kappa shape index (κ3) is 15.7. The third-order valence-corrected chi connectivity index (χ3v) is 20.2. The number of fused-ring (bicyclic) bond motifs is 15. The number of aromatic hydroxyl groups is 3. The first-order valence-corrected chi connectivity index (χ1v) is 35.1. The summed E-state index contributed by atoms with van der Waals surface area (Å²) in [6, 6.07) is 7.70. The number of aliphatic hydroxyl groups excluding tert-OH is 3. The lowest BCUT2D eigenvalue weighted by Crippen LogP contribution is -2.66. The first-order chi connectivity index (χ1) is 49.3. The van der Waals surface area contributed by atoms with Gasteiger partial charge in [0, 0.05) is 43.2 Å². The molecule has 1 saturated carbocycles. The predicted molar refractivity (Wildman–Crippen MR) is 374 cm³/mol. The number of Topliss-reactive ketones (excluding diaryl/α,β-unsaturated/α-hetero) is 1. The number of hydrogen-bond donors (Lipinski definition) is 15. The summed E-state index contributed by atoms with van der Waals surface area (Å²) in [5.74, 6) is -15.6. The van der Waals surface area contributed by atoms with Gasteiger partial charge in [-0.1, -0.05) is 62.2 Å². The monoisotopic (exact) mass is 1490 g/mol. The Labute approximate surface area is 612 Å². The second-order valence-electron chi connectivity index (χ2n) is 29.4. The quantitative estimate of drug-likeness (QED) is 0.0677. The number of amides is 8. The van der Waals surface area contributed by atoms with Gasteiger partial charge in [-0.25, -0.2) is 4.79 Å². The van der Waals surface area contributed by atoms with Crippen LogP contribution in [0.15, 0.2) is 78.9 Å². The number of nitrogens with two attached hydrogens (primary N) is 1. The smallest absolute Gasteiger partial charge is 0.410 e. The Kier molecular flexibility index (Phi) is 21.5. The molecular weight excluding hydrogens is 1410 g/mol. The van der Waals surface area contributed by atoms with Crippen molar-refractivity contribution in [3.8, 4) is 57.1 Å². The minimum Gasteiger partial charge on any atom is -0.508 e. The van der Waals surface area contributed by atoms with Crippen LogP contribution in [-0.2, 0) is 53.4 Å². The van der Waals surface area contributed by atoms with Crippen LogP contribution in [0.2, 0.25) is 10.0 Å². The molecule has 14 unspecified atom stereocenters. The molecule has 1 spiro atoms. The van der Waals surface area contributed by atoms with Gasteiger partial charge in [-0.2, -0.15) is 0 Å². The fourth-order valence-corrected chi connectivity index (χ4v) is 14.2. The number of carbonyl (C=O) groups excluding carboxylic acids is 9. The highest BCUT2D eigenvalue weighted by atomic mass is 35.5. The van der Waals surface area contributed by atoms with E-state index in [-0.39, 0.29) is 86.3 Å². The lowest BCUT2D eigenvalue weighted by atomic mass is 9.82. The van der Waals surface area contributed by atoms with Crippen LogP contribution in [0.5, 0.6) is 46.0 Å². The maximum atomic E-state index is 16.3. The van der Waals surface area contributed by atoms with E-state index in [4.69, 9.17) is 52.6 Å². The molecule has 3 fully saturated rings. The molecule has 0 radical (unpaired) electrons. The zero-order chi connectivity index (χ0) is 76.4. The Balaban J connectivity index is 1.13. The van der Waals surface area contributed by atoms with Crippen LogP contribution in [0.4, 0.5) is 4.79 Å². The van der Waals surface area contributed by atoms with Crippen molar-refractivity contribution < 1.29 is 103 Å². The van der Waals surface area contributed by atoms with Gasteiger partial charge >= 0.3 is 6.09 Å². The van der Waals surface area contributed by atoms with Gasteiger partial charge in [0.2, 0.25) is 53.4 Å². The molecule has 7 heterocycles. The molecule has 562 valence electrons. The van der Waals surface area contributed by atoms with Gasteiger partial charge in [0.1, 0.15) is 81.9 Å². The van der Waals surface area contributed by atoms with Crippen LogP contribution in [-0.4, -0.2) is 167 Å². The number of halogens is 2. The lowest BCUT2D eigenvalue weighted by Gasteiger charge is -2.40. The van der Waals surface area contributed by atoms with Crippen LogP contribution in [0.3, 0.4) is 0 Å². The molecule has 7 aliphatic heterocycles. The van der Waals surface area contributed by atoms with E-state index in [1.165, 1.54) is 55.6 Å². The number of nitrogens with zero attached hydrogens (tertiary/aromatic N) is 1. The van der Waals surface area contributed by atoms with Gasteiger partial charge in [-0.05, 0) is 155 Å². The van der Waals surface area contributed by atoms with Gasteiger partial charge in [-0.3, -0.25) is 43.7 Å². The van der Waals surface area contributed by atoms with Gasteiger partial charge < -0.3 is 102 Å². The number of rotatable bonds is 13. The summed E-state index contributed by atoms with van der Waals surface area (Å²) >= 11 is 14.4. The van der Waals surface area contributed by atoms with Crippen LogP contribution >= 0.6 is 23.2 Å². The molecule has 2 saturated heterocycles. The molecule has 11 bridgehead atoms. The molecule has 14 atom stereocenters.